The monoisotopic (exact) mass is 340 g/mol. The Kier molecular flexibility index (Phi) is 17.4. The minimum atomic E-state index is -0.964. The first-order chi connectivity index (χ1) is 11.7. The van der Waals surface area contributed by atoms with Crippen molar-refractivity contribution < 1.29 is 19.7 Å². The van der Waals surface area contributed by atoms with Crippen molar-refractivity contribution in [3.05, 3.63) is 24.3 Å². The topological polar surface area (TPSA) is 66.8 Å². The van der Waals surface area contributed by atoms with Gasteiger partial charge in [-0.25, -0.2) is 0 Å². The summed E-state index contributed by atoms with van der Waals surface area (Å²) in [5.41, 5.74) is 0. The molecule has 1 unspecified atom stereocenters. The molecule has 0 aliphatic heterocycles. The van der Waals surface area contributed by atoms with Gasteiger partial charge in [0.2, 0.25) is 0 Å². The molecule has 24 heavy (non-hydrogen) atoms. The van der Waals surface area contributed by atoms with E-state index in [1.165, 1.54) is 32.1 Å². The van der Waals surface area contributed by atoms with Gasteiger partial charge in [-0.1, -0.05) is 63.3 Å². The highest BCUT2D eigenvalue weighted by Gasteiger charge is 2.07. The molecule has 0 amide bonds. The summed E-state index contributed by atoms with van der Waals surface area (Å²) in [4.78, 5) is 11.4. The minimum Gasteiger partial charge on any atom is -0.463 e. The number of hydrogen-bond donors (Lipinski definition) is 2. The number of esters is 1. The molecule has 0 aromatic carbocycles. The fourth-order valence-corrected chi connectivity index (χ4v) is 2.20. The van der Waals surface area contributed by atoms with Crippen molar-refractivity contribution in [1.82, 2.24) is 0 Å². The lowest BCUT2D eigenvalue weighted by atomic mass is 10.1. The van der Waals surface area contributed by atoms with Crippen molar-refractivity contribution in [2.75, 3.05) is 13.2 Å². The highest BCUT2D eigenvalue weighted by atomic mass is 16.5. The molecule has 2 N–H and O–H groups in total. The van der Waals surface area contributed by atoms with Crippen molar-refractivity contribution in [1.29, 1.82) is 0 Å². The fraction of sp³-hybridized carbons (Fsp3) is 0.750. The van der Waals surface area contributed by atoms with Crippen LogP contribution in [-0.2, 0) is 9.53 Å². The molecule has 0 bridgehead atoms. The number of aliphatic hydroxyl groups excluding tert-OH is 2. The van der Waals surface area contributed by atoms with Crippen LogP contribution in [-0.4, -0.2) is 35.5 Å². The molecule has 0 radical (unpaired) electrons. The molecule has 0 aromatic heterocycles. The lowest BCUT2D eigenvalue weighted by Gasteiger charge is -2.08. The Bertz CT molecular complexity index is 337. The third-order valence-corrected chi connectivity index (χ3v) is 3.73. The zero-order valence-electron chi connectivity index (χ0n) is 15.3. The number of carbonyl (C=O) groups is 1. The van der Waals surface area contributed by atoms with Crippen LogP contribution >= 0.6 is 0 Å². The van der Waals surface area contributed by atoms with Gasteiger partial charge in [-0.3, -0.25) is 4.79 Å². The number of ether oxygens (including phenoxy) is 1. The number of allylic oxidation sites excluding steroid dienone is 4. The summed E-state index contributed by atoms with van der Waals surface area (Å²) in [7, 11) is 0. The Morgan fingerprint density at radius 2 is 1.58 bits per heavy atom. The van der Waals surface area contributed by atoms with Crippen molar-refractivity contribution in [3.8, 4) is 0 Å². The molecule has 0 aliphatic carbocycles. The van der Waals surface area contributed by atoms with Crippen LogP contribution in [0.2, 0.25) is 0 Å². The Morgan fingerprint density at radius 1 is 0.958 bits per heavy atom. The number of rotatable bonds is 16. The molecular formula is C20H36O4. The van der Waals surface area contributed by atoms with E-state index in [0.717, 1.165) is 32.1 Å². The van der Waals surface area contributed by atoms with Crippen LogP contribution in [0.4, 0.5) is 0 Å². The SMILES string of the molecule is CCCC/C=C\C/C=C\CCCCCCCC(=O)OCC(O)CO. The number of aliphatic hydroxyl groups is 2. The molecule has 0 heterocycles. The maximum atomic E-state index is 11.4. The van der Waals surface area contributed by atoms with E-state index in [-0.39, 0.29) is 19.2 Å². The minimum absolute atomic E-state index is 0.116. The van der Waals surface area contributed by atoms with Crippen LogP contribution in [0.15, 0.2) is 24.3 Å². The molecule has 0 aliphatic rings. The predicted molar refractivity (Wildman–Crippen MR) is 98.8 cm³/mol. The van der Waals surface area contributed by atoms with Gasteiger partial charge in [0.1, 0.15) is 12.7 Å². The Balaban J connectivity index is 3.30. The van der Waals surface area contributed by atoms with E-state index in [9.17, 15) is 4.79 Å². The van der Waals surface area contributed by atoms with E-state index in [1.807, 2.05) is 0 Å². The number of unbranched alkanes of at least 4 members (excludes halogenated alkanes) is 7. The molecule has 0 aromatic rings. The van der Waals surface area contributed by atoms with Gasteiger partial charge in [0.05, 0.1) is 6.61 Å². The summed E-state index contributed by atoms with van der Waals surface area (Å²) in [6, 6.07) is 0. The molecule has 140 valence electrons. The van der Waals surface area contributed by atoms with Crippen LogP contribution in [0, 0.1) is 0 Å². The van der Waals surface area contributed by atoms with E-state index in [4.69, 9.17) is 14.9 Å². The second kappa shape index (κ2) is 18.2. The third kappa shape index (κ3) is 17.2. The standard InChI is InChI=1S/C20H36O4/c1-2-3-4-5-6-7-8-9-10-11-12-13-14-15-16-20(23)24-18-19(22)17-21/h5-6,8-9,19,21-22H,2-4,7,10-18H2,1H3/b6-5-,9-8-. The van der Waals surface area contributed by atoms with Gasteiger partial charge in [0.25, 0.3) is 0 Å². The van der Waals surface area contributed by atoms with E-state index in [1.54, 1.807) is 0 Å². The Labute approximate surface area is 147 Å². The normalized spacial score (nSPS) is 13.0. The average molecular weight is 341 g/mol. The maximum Gasteiger partial charge on any atom is 0.305 e. The van der Waals surface area contributed by atoms with E-state index in [2.05, 4.69) is 31.2 Å². The van der Waals surface area contributed by atoms with Gasteiger partial charge >= 0.3 is 5.97 Å². The molecule has 0 spiro atoms. The average Bonchev–Trinajstić information content (AvgIpc) is 2.59. The molecular weight excluding hydrogens is 304 g/mol. The second-order valence-electron chi connectivity index (χ2n) is 6.15. The fourth-order valence-electron chi connectivity index (χ4n) is 2.20. The first-order valence-corrected chi connectivity index (χ1v) is 9.45. The van der Waals surface area contributed by atoms with E-state index in [0.29, 0.717) is 6.42 Å². The van der Waals surface area contributed by atoms with Gasteiger partial charge in [-0.2, -0.15) is 0 Å². The van der Waals surface area contributed by atoms with E-state index < -0.39 is 6.10 Å². The summed E-state index contributed by atoms with van der Waals surface area (Å²) >= 11 is 0. The first kappa shape index (κ1) is 22.9. The lowest BCUT2D eigenvalue weighted by molar-refractivity contribution is -0.147. The van der Waals surface area contributed by atoms with Gasteiger partial charge in [-0.15, -0.1) is 0 Å². The zero-order valence-corrected chi connectivity index (χ0v) is 15.3. The summed E-state index contributed by atoms with van der Waals surface area (Å²) in [5.74, 6) is -0.294. The van der Waals surface area contributed by atoms with Crippen molar-refractivity contribution in [2.45, 2.75) is 83.7 Å². The molecule has 1 atom stereocenters. The van der Waals surface area contributed by atoms with E-state index >= 15 is 0 Å². The zero-order chi connectivity index (χ0) is 17.9. The highest BCUT2D eigenvalue weighted by Crippen LogP contribution is 2.08. The van der Waals surface area contributed by atoms with Crippen LogP contribution in [0.1, 0.15) is 77.6 Å². The van der Waals surface area contributed by atoms with Gasteiger partial charge < -0.3 is 14.9 Å². The highest BCUT2D eigenvalue weighted by molar-refractivity contribution is 5.69. The molecule has 0 saturated heterocycles. The molecule has 0 fully saturated rings. The number of hydrogen-bond acceptors (Lipinski definition) is 4. The van der Waals surface area contributed by atoms with Gasteiger partial charge in [-0.05, 0) is 32.1 Å². The van der Waals surface area contributed by atoms with Crippen LogP contribution in [0.5, 0.6) is 0 Å². The van der Waals surface area contributed by atoms with Crippen LogP contribution < -0.4 is 0 Å². The summed E-state index contributed by atoms with van der Waals surface area (Å²) in [5, 5.41) is 17.7. The predicted octanol–water partition coefficient (Wildman–Crippen LogP) is 4.31. The quantitative estimate of drug-likeness (QED) is 0.250. The smallest absolute Gasteiger partial charge is 0.305 e. The van der Waals surface area contributed by atoms with Gasteiger partial charge in [0, 0.05) is 6.42 Å². The molecule has 0 saturated carbocycles. The summed E-state index contributed by atoms with van der Waals surface area (Å²) in [6.45, 7) is 1.72. The van der Waals surface area contributed by atoms with Crippen molar-refractivity contribution >= 4 is 5.97 Å². The summed E-state index contributed by atoms with van der Waals surface area (Å²) in [6.07, 6.45) is 19.7. The Hall–Kier alpha value is -1.13. The van der Waals surface area contributed by atoms with Crippen LogP contribution in [0.3, 0.4) is 0 Å². The second-order valence-corrected chi connectivity index (χ2v) is 6.15. The largest absolute Gasteiger partial charge is 0.463 e. The molecule has 4 heteroatoms. The maximum absolute atomic E-state index is 11.4. The van der Waals surface area contributed by atoms with Crippen molar-refractivity contribution in [3.63, 3.8) is 0 Å². The first-order valence-electron chi connectivity index (χ1n) is 9.45. The third-order valence-electron chi connectivity index (χ3n) is 3.73. The summed E-state index contributed by atoms with van der Waals surface area (Å²) < 4.78 is 4.84. The molecule has 0 rings (SSSR count). The van der Waals surface area contributed by atoms with Gasteiger partial charge in [0.15, 0.2) is 0 Å². The van der Waals surface area contributed by atoms with Crippen molar-refractivity contribution in [2.24, 2.45) is 0 Å². The molecule has 4 nitrogen and oxygen atoms in total. The lowest BCUT2D eigenvalue weighted by Crippen LogP contribution is -2.21. The van der Waals surface area contributed by atoms with Crippen LogP contribution in [0.25, 0.3) is 0 Å². The number of carbonyl (C=O) groups excluding carboxylic acids is 1. The Morgan fingerprint density at radius 3 is 2.25 bits per heavy atom.